The van der Waals surface area contributed by atoms with Crippen molar-refractivity contribution in [1.29, 1.82) is 0 Å². The Hall–Kier alpha value is -2.37. The van der Waals surface area contributed by atoms with Gasteiger partial charge in [0.2, 0.25) is 0 Å². The third-order valence-corrected chi connectivity index (χ3v) is 7.05. The summed E-state index contributed by atoms with van der Waals surface area (Å²) in [5.41, 5.74) is 2.29. The number of hydroxylamine groups is 2. The van der Waals surface area contributed by atoms with Crippen molar-refractivity contribution in [1.82, 2.24) is 5.06 Å². The molecule has 2 aromatic carbocycles. The monoisotopic (exact) mass is 383 g/mol. The normalized spacial score (nSPS) is 13.4. The predicted molar refractivity (Wildman–Crippen MR) is 112 cm³/mol. The maximum absolute atomic E-state index is 12.4. The van der Waals surface area contributed by atoms with E-state index in [4.69, 9.17) is 4.74 Å². The number of hydrogen-bond donors (Lipinski definition) is 1. The lowest BCUT2D eigenvalue weighted by molar-refractivity contribution is -0.111. The molecule has 144 valence electrons. The lowest BCUT2D eigenvalue weighted by Crippen LogP contribution is -2.40. The van der Waals surface area contributed by atoms with E-state index in [1.54, 1.807) is 20.8 Å². The molecule has 0 bridgehead atoms. The summed E-state index contributed by atoms with van der Waals surface area (Å²) in [7, 11) is -1.87. The molecule has 0 spiro atoms. The first kappa shape index (κ1) is 20.9. The van der Waals surface area contributed by atoms with Crippen LogP contribution < -0.4 is 5.19 Å². The van der Waals surface area contributed by atoms with E-state index in [-0.39, 0.29) is 0 Å². The van der Waals surface area contributed by atoms with Crippen molar-refractivity contribution in [3.63, 3.8) is 0 Å². The highest BCUT2D eigenvalue weighted by molar-refractivity contribution is 6.93. The van der Waals surface area contributed by atoms with Crippen LogP contribution in [0.4, 0.5) is 4.79 Å². The van der Waals surface area contributed by atoms with Crippen LogP contribution in [0, 0.1) is 0 Å². The number of ether oxygens (including phenoxy) is 1. The zero-order chi connectivity index (χ0) is 20.1. The summed E-state index contributed by atoms with van der Waals surface area (Å²) >= 11 is 0. The molecule has 0 aliphatic rings. The minimum Gasteiger partial charge on any atom is -0.442 e. The van der Waals surface area contributed by atoms with Crippen molar-refractivity contribution in [2.45, 2.75) is 45.5 Å². The van der Waals surface area contributed by atoms with Crippen LogP contribution in [0.2, 0.25) is 13.1 Å². The fourth-order valence-corrected chi connectivity index (χ4v) is 4.61. The summed E-state index contributed by atoms with van der Waals surface area (Å²) in [5, 5.41) is 12.5. The van der Waals surface area contributed by atoms with Crippen molar-refractivity contribution < 1.29 is 14.7 Å². The van der Waals surface area contributed by atoms with Crippen molar-refractivity contribution in [2.24, 2.45) is 0 Å². The maximum atomic E-state index is 12.4. The minimum absolute atomic E-state index is 0.614. The Labute approximate surface area is 163 Å². The average Bonchev–Trinajstić information content (AvgIpc) is 2.62. The Morgan fingerprint density at radius 1 is 1.04 bits per heavy atom. The smallest absolute Gasteiger partial charge is 0.435 e. The number of nitrogens with zero attached hydrogens (tertiary/aromatic N) is 1. The van der Waals surface area contributed by atoms with E-state index in [1.807, 2.05) is 54.6 Å². The molecule has 2 rings (SSSR count). The van der Waals surface area contributed by atoms with Gasteiger partial charge in [0.15, 0.2) is 0 Å². The fraction of sp³-hybridized carbons (Fsp3) is 0.318. The van der Waals surface area contributed by atoms with Gasteiger partial charge in [0, 0.05) is 0 Å². The topological polar surface area (TPSA) is 49.8 Å². The number of carbonyl (C=O) groups excluding carboxylic acids is 1. The molecule has 1 N–H and O–H groups in total. The van der Waals surface area contributed by atoms with Crippen LogP contribution >= 0.6 is 0 Å². The van der Waals surface area contributed by atoms with Crippen LogP contribution in [-0.4, -0.2) is 30.0 Å². The molecule has 0 aliphatic carbocycles. The Kier molecular flexibility index (Phi) is 6.62. The third kappa shape index (κ3) is 6.08. The summed E-state index contributed by atoms with van der Waals surface area (Å²) in [6, 6.07) is 19.2. The first-order valence-electron chi connectivity index (χ1n) is 9.11. The highest BCUT2D eigenvalue weighted by atomic mass is 28.3. The highest BCUT2D eigenvalue weighted by Gasteiger charge is 2.28. The molecule has 0 aliphatic heterocycles. The molecule has 0 radical (unpaired) electrons. The second-order valence-corrected chi connectivity index (χ2v) is 12.5. The van der Waals surface area contributed by atoms with Gasteiger partial charge in [-0.3, -0.25) is 5.21 Å². The van der Waals surface area contributed by atoms with Crippen molar-refractivity contribution in [2.75, 3.05) is 0 Å². The van der Waals surface area contributed by atoms with Crippen molar-refractivity contribution in [3.8, 4) is 0 Å². The molecule has 27 heavy (non-hydrogen) atoms. The van der Waals surface area contributed by atoms with Gasteiger partial charge in [-0.15, -0.1) is 0 Å². The van der Waals surface area contributed by atoms with Gasteiger partial charge in [-0.1, -0.05) is 90.7 Å². The molecule has 2 aromatic rings. The Balaban J connectivity index is 2.32. The molecule has 1 unspecified atom stereocenters. The Morgan fingerprint density at radius 2 is 1.56 bits per heavy atom. The Bertz CT molecular complexity index is 767. The molecule has 0 saturated heterocycles. The van der Waals surface area contributed by atoms with E-state index < -0.39 is 25.8 Å². The standard InChI is InChI=1S/C22H29NO3Si/c1-22(2,3)26-21(24)23(25)20(18-12-8-6-9-13-18)16-17-27(4,5)19-14-10-7-11-15-19/h6-17,20,25H,1-5H3/b17-16+. The molecule has 0 aromatic heterocycles. The Morgan fingerprint density at radius 3 is 2.07 bits per heavy atom. The number of rotatable bonds is 5. The largest absolute Gasteiger partial charge is 0.442 e. The second kappa shape index (κ2) is 8.54. The van der Waals surface area contributed by atoms with Crippen LogP contribution in [0.15, 0.2) is 72.4 Å². The molecule has 4 nitrogen and oxygen atoms in total. The molecular weight excluding hydrogens is 354 g/mol. The highest BCUT2D eigenvalue weighted by Crippen LogP contribution is 2.24. The molecule has 5 heteroatoms. The summed E-state index contributed by atoms with van der Waals surface area (Å²) in [4.78, 5) is 12.4. The van der Waals surface area contributed by atoms with Gasteiger partial charge in [-0.05, 0) is 26.3 Å². The van der Waals surface area contributed by atoms with Crippen LogP contribution in [0.3, 0.4) is 0 Å². The van der Waals surface area contributed by atoms with E-state index >= 15 is 0 Å². The van der Waals surface area contributed by atoms with E-state index in [0.29, 0.717) is 5.06 Å². The van der Waals surface area contributed by atoms with Gasteiger partial charge < -0.3 is 4.74 Å². The van der Waals surface area contributed by atoms with E-state index in [9.17, 15) is 10.0 Å². The zero-order valence-corrected chi connectivity index (χ0v) is 17.7. The van der Waals surface area contributed by atoms with Crippen LogP contribution in [0.25, 0.3) is 0 Å². The second-order valence-electron chi connectivity index (χ2n) is 8.13. The minimum atomic E-state index is -1.87. The third-order valence-electron chi connectivity index (χ3n) is 4.20. The summed E-state index contributed by atoms with van der Waals surface area (Å²) in [5.74, 6) is 0. The lowest BCUT2D eigenvalue weighted by atomic mass is 10.1. The van der Waals surface area contributed by atoms with E-state index in [0.717, 1.165) is 5.56 Å². The first-order chi connectivity index (χ1) is 12.6. The van der Waals surface area contributed by atoms with Gasteiger partial charge in [0.25, 0.3) is 0 Å². The summed E-state index contributed by atoms with van der Waals surface area (Å²) < 4.78 is 5.33. The van der Waals surface area contributed by atoms with Gasteiger partial charge in [0.05, 0.1) is 0 Å². The SMILES string of the molecule is CC(C)(C)OC(=O)N(O)C(/C=C/[Si](C)(C)c1ccccc1)c1ccccc1. The zero-order valence-electron chi connectivity index (χ0n) is 16.7. The molecule has 0 heterocycles. The van der Waals surface area contributed by atoms with Gasteiger partial charge >= 0.3 is 6.09 Å². The lowest BCUT2D eigenvalue weighted by Gasteiger charge is -2.28. The first-order valence-corrected chi connectivity index (χ1v) is 12.2. The molecular formula is C22H29NO3Si. The summed E-state index contributed by atoms with van der Waals surface area (Å²) in [6.45, 7) is 9.79. The molecule has 0 saturated carbocycles. The number of benzene rings is 2. The maximum Gasteiger partial charge on any atom is 0.435 e. The number of carbonyl (C=O) groups is 1. The van der Waals surface area contributed by atoms with Gasteiger partial charge in [-0.25, -0.2) is 4.79 Å². The number of hydrogen-bond acceptors (Lipinski definition) is 3. The van der Waals surface area contributed by atoms with E-state index in [1.165, 1.54) is 5.19 Å². The number of amides is 1. The van der Waals surface area contributed by atoms with Crippen molar-refractivity contribution >= 4 is 19.4 Å². The molecule has 1 amide bonds. The summed E-state index contributed by atoms with van der Waals surface area (Å²) in [6.07, 6.45) is 1.14. The average molecular weight is 384 g/mol. The quantitative estimate of drug-likeness (QED) is 0.446. The van der Waals surface area contributed by atoms with Crippen LogP contribution in [-0.2, 0) is 4.74 Å². The van der Waals surface area contributed by atoms with Crippen LogP contribution in [0.5, 0.6) is 0 Å². The van der Waals surface area contributed by atoms with Crippen molar-refractivity contribution in [3.05, 3.63) is 78.0 Å². The molecule has 1 atom stereocenters. The molecule has 0 fully saturated rings. The van der Waals surface area contributed by atoms with E-state index in [2.05, 4.69) is 30.9 Å². The van der Waals surface area contributed by atoms with Gasteiger partial charge in [-0.2, -0.15) is 5.06 Å². The predicted octanol–water partition coefficient (Wildman–Crippen LogP) is 5.07. The van der Waals surface area contributed by atoms with Crippen LogP contribution in [0.1, 0.15) is 32.4 Å². The fourth-order valence-electron chi connectivity index (χ4n) is 2.70. The van der Waals surface area contributed by atoms with Gasteiger partial charge in [0.1, 0.15) is 19.7 Å².